The summed E-state index contributed by atoms with van der Waals surface area (Å²) in [6.45, 7) is 2.06. The van der Waals surface area contributed by atoms with E-state index in [1.807, 2.05) is 12.1 Å². The van der Waals surface area contributed by atoms with E-state index in [2.05, 4.69) is 0 Å². The molecule has 1 unspecified atom stereocenters. The molecule has 2 aromatic carbocycles. The molecule has 0 N–H and O–H groups in total. The zero-order valence-corrected chi connectivity index (χ0v) is 12.9. The lowest BCUT2D eigenvalue weighted by atomic mass is 10.1. The fourth-order valence-corrected chi connectivity index (χ4v) is 3.58. The van der Waals surface area contributed by atoms with Crippen molar-refractivity contribution < 1.29 is 17.9 Å². The van der Waals surface area contributed by atoms with E-state index in [-0.39, 0.29) is 4.90 Å². The molecule has 6 heteroatoms. The van der Waals surface area contributed by atoms with E-state index >= 15 is 0 Å². The molecular formula is C15H15ClO4S. The van der Waals surface area contributed by atoms with Crippen LogP contribution in [0.2, 0.25) is 0 Å². The second kappa shape index (κ2) is 5.83. The van der Waals surface area contributed by atoms with Crippen molar-refractivity contribution >= 4 is 30.5 Å². The molecule has 4 nitrogen and oxygen atoms in total. The standard InChI is InChI=1S/C15H15ClO4S/c16-21(17,18)15-6-5-14(12-3-1-2-4-13(12)15)20-10-11-7-8-19-9-11/h1-6,11H,7-10H2. The molecule has 1 heterocycles. The minimum atomic E-state index is -3.78. The fourth-order valence-electron chi connectivity index (χ4n) is 2.50. The predicted octanol–water partition coefficient (Wildman–Crippen LogP) is 3.18. The van der Waals surface area contributed by atoms with Crippen LogP contribution in [-0.2, 0) is 13.8 Å². The van der Waals surface area contributed by atoms with Gasteiger partial charge in [-0.05, 0) is 18.6 Å². The molecule has 0 saturated carbocycles. The number of hydrogen-bond acceptors (Lipinski definition) is 4. The molecule has 0 spiro atoms. The first-order valence-corrected chi connectivity index (χ1v) is 9.03. The highest BCUT2D eigenvalue weighted by Crippen LogP contribution is 2.33. The zero-order valence-electron chi connectivity index (χ0n) is 11.3. The Bertz CT molecular complexity index is 751. The van der Waals surface area contributed by atoms with Gasteiger partial charge in [-0.3, -0.25) is 0 Å². The van der Waals surface area contributed by atoms with E-state index < -0.39 is 9.05 Å². The van der Waals surface area contributed by atoms with Crippen molar-refractivity contribution in [3.8, 4) is 5.75 Å². The van der Waals surface area contributed by atoms with Crippen molar-refractivity contribution in [2.45, 2.75) is 11.3 Å². The van der Waals surface area contributed by atoms with Gasteiger partial charge in [-0.15, -0.1) is 0 Å². The molecule has 1 aliphatic rings. The fraction of sp³-hybridized carbons (Fsp3) is 0.333. The molecule has 0 amide bonds. The van der Waals surface area contributed by atoms with Crippen LogP contribution < -0.4 is 4.74 Å². The van der Waals surface area contributed by atoms with Crippen LogP contribution in [0, 0.1) is 5.92 Å². The summed E-state index contributed by atoms with van der Waals surface area (Å²) in [4.78, 5) is 0.108. The maximum Gasteiger partial charge on any atom is 0.261 e. The Kier molecular flexibility index (Phi) is 4.06. The Labute approximate surface area is 128 Å². The molecule has 0 aromatic heterocycles. The van der Waals surface area contributed by atoms with Gasteiger partial charge in [0, 0.05) is 34.0 Å². The summed E-state index contributed by atoms with van der Waals surface area (Å²) in [5.41, 5.74) is 0. The third-order valence-electron chi connectivity index (χ3n) is 3.61. The summed E-state index contributed by atoms with van der Waals surface area (Å²) in [7, 11) is 1.71. The molecule has 0 radical (unpaired) electrons. The molecular weight excluding hydrogens is 312 g/mol. The van der Waals surface area contributed by atoms with E-state index in [0.717, 1.165) is 18.4 Å². The summed E-state index contributed by atoms with van der Waals surface area (Å²) >= 11 is 0. The van der Waals surface area contributed by atoms with E-state index in [0.29, 0.717) is 30.3 Å². The predicted molar refractivity (Wildman–Crippen MR) is 81.4 cm³/mol. The van der Waals surface area contributed by atoms with Crippen molar-refractivity contribution in [3.05, 3.63) is 36.4 Å². The molecule has 0 bridgehead atoms. The maximum atomic E-state index is 11.6. The number of fused-ring (bicyclic) bond motifs is 1. The highest BCUT2D eigenvalue weighted by molar-refractivity contribution is 8.14. The van der Waals surface area contributed by atoms with Gasteiger partial charge in [0.25, 0.3) is 9.05 Å². The zero-order chi connectivity index (χ0) is 14.9. The first-order chi connectivity index (χ1) is 10.1. The monoisotopic (exact) mass is 326 g/mol. The largest absolute Gasteiger partial charge is 0.493 e. The Hall–Kier alpha value is -1.30. The number of halogens is 1. The first kappa shape index (κ1) is 14.6. The molecule has 0 aliphatic carbocycles. The van der Waals surface area contributed by atoms with Gasteiger partial charge < -0.3 is 9.47 Å². The van der Waals surface area contributed by atoms with E-state index in [1.165, 1.54) is 6.07 Å². The minimum absolute atomic E-state index is 0.108. The smallest absolute Gasteiger partial charge is 0.261 e. The van der Waals surface area contributed by atoms with Gasteiger partial charge in [-0.1, -0.05) is 24.3 Å². The van der Waals surface area contributed by atoms with Crippen molar-refractivity contribution in [1.82, 2.24) is 0 Å². The Morgan fingerprint density at radius 2 is 1.95 bits per heavy atom. The Morgan fingerprint density at radius 1 is 1.19 bits per heavy atom. The molecule has 1 atom stereocenters. The maximum absolute atomic E-state index is 11.6. The van der Waals surface area contributed by atoms with Crippen LogP contribution in [0.5, 0.6) is 5.75 Å². The number of ether oxygens (including phenoxy) is 2. The van der Waals surface area contributed by atoms with Crippen LogP contribution in [0.1, 0.15) is 6.42 Å². The van der Waals surface area contributed by atoms with Gasteiger partial charge in [0.05, 0.1) is 18.1 Å². The van der Waals surface area contributed by atoms with E-state index in [1.54, 1.807) is 18.2 Å². The average Bonchev–Trinajstić information content (AvgIpc) is 2.96. The summed E-state index contributed by atoms with van der Waals surface area (Å²) in [6, 6.07) is 10.3. The lowest BCUT2D eigenvalue weighted by Crippen LogP contribution is -2.11. The quantitative estimate of drug-likeness (QED) is 0.810. The average molecular weight is 327 g/mol. The van der Waals surface area contributed by atoms with Gasteiger partial charge in [-0.2, -0.15) is 0 Å². The molecule has 1 saturated heterocycles. The van der Waals surface area contributed by atoms with Crippen molar-refractivity contribution in [3.63, 3.8) is 0 Å². The second-order valence-electron chi connectivity index (χ2n) is 5.09. The van der Waals surface area contributed by atoms with Gasteiger partial charge in [0.15, 0.2) is 0 Å². The van der Waals surface area contributed by atoms with Crippen molar-refractivity contribution in [1.29, 1.82) is 0 Å². The molecule has 112 valence electrons. The lowest BCUT2D eigenvalue weighted by molar-refractivity contribution is 0.167. The normalized spacial score (nSPS) is 19.0. The van der Waals surface area contributed by atoms with Crippen LogP contribution in [0.25, 0.3) is 10.8 Å². The van der Waals surface area contributed by atoms with E-state index in [9.17, 15) is 8.42 Å². The summed E-state index contributed by atoms with van der Waals surface area (Å²) in [6.07, 6.45) is 0.992. The van der Waals surface area contributed by atoms with Gasteiger partial charge >= 0.3 is 0 Å². The molecule has 2 aromatic rings. The summed E-state index contributed by atoms with van der Waals surface area (Å²) in [5, 5.41) is 1.32. The van der Waals surface area contributed by atoms with Gasteiger partial charge in [-0.25, -0.2) is 8.42 Å². The molecule has 21 heavy (non-hydrogen) atoms. The third kappa shape index (κ3) is 3.15. The molecule has 1 aliphatic heterocycles. The summed E-state index contributed by atoms with van der Waals surface area (Å²) < 4.78 is 34.4. The first-order valence-electron chi connectivity index (χ1n) is 6.72. The minimum Gasteiger partial charge on any atom is -0.493 e. The number of benzene rings is 2. The summed E-state index contributed by atoms with van der Waals surface area (Å²) in [5.74, 6) is 1.06. The SMILES string of the molecule is O=S(=O)(Cl)c1ccc(OCC2CCOC2)c2ccccc12. The molecule has 3 rings (SSSR count). The van der Waals surface area contributed by atoms with Crippen molar-refractivity contribution in [2.75, 3.05) is 19.8 Å². The lowest BCUT2D eigenvalue weighted by Gasteiger charge is -2.13. The van der Waals surface area contributed by atoms with Crippen LogP contribution in [0.15, 0.2) is 41.3 Å². The number of hydrogen-bond donors (Lipinski definition) is 0. The number of rotatable bonds is 4. The second-order valence-corrected chi connectivity index (χ2v) is 7.62. The third-order valence-corrected chi connectivity index (χ3v) is 4.99. The van der Waals surface area contributed by atoms with Crippen LogP contribution in [0.3, 0.4) is 0 Å². The highest BCUT2D eigenvalue weighted by Gasteiger charge is 2.19. The van der Waals surface area contributed by atoms with E-state index in [4.69, 9.17) is 20.2 Å². The van der Waals surface area contributed by atoms with Gasteiger partial charge in [0.2, 0.25) is 0 Å². The topological polar surface area (TPSA) is 52.6 Å². The van der Waals surface area contributed by atoms with Crippen molar-refractivity contribution in [2.24, 2.45) is 5.92 Å². The van der Waals surface area contributed by atoms with Gasteiger partial charge in [0.1, 0.15) is 5.75 Å². The van der Waals surface area contributed by atoms with Crippen LogP contribution in [0.4, 0.5) is 0 Å². The Morgan fingerprint density at radius 3 is 2.62 bits per heavy atom. The van der Waals surface area contributed by atoms with Crippen LogP contribution >= 0.6 is 10.7 Å². The molecule has 1 fully saturated rings. The van der Waals surface area contributed by atoms with Crippen LogP contribution in [-0.4, -0.2) is 28.2 Å². The highest BCUT2D eigenvalue weighted by atomic mass is 35.7. The Balaban J connectivity index is 1.96.